The highest BCUT2D eigenvalue weighted by atomic mass is 16.5. The van der Waals surface area contributed by atoms with Crippen LogP contribution in [-0.2, 0) is 9.53 Å². The number of rotatable bonds is 12. The zero-order valence-corrected chi connectivity index (χ0v) is 17.2. The molecule has 1 aliphatic rings. The first-order chi connectivity index (χ1) is 13.6. The third-order valence-corrected chi connectivity index (χ3v) is 5.20. The molecule has 0 aromatic heterocycles. The van der Waals surface area contributed by atoms with Crippen LogP contribution in [0.2, 0.25) is 0 Å². The fourth-order valence-corrected chi connectivity index (χ4v) is 3.67. The number of esters is 1. The number of fused-ring (bicyclic) bond motifs is 1. The minimum Gasteiger partial charge on any atom is -0.422 e. The van der Waals surface area contributed by atoms with E-state index in [1.807, 2.05) is 0 Å². The third kappa shape index (κ3) is 6.15. The lowest BCUT2D eigenvalue weighted by molar-refractivity contribution is -0.136. The Kier molecular flexibility index (Phi) is 9.12. The Morgan fingerprint density at radius 3 is 1.82 bits per heavy atom. The van der Waals surface area contributed by atoms with Gasteiger partial charge in [0, 0.05) is 23.6 Å². The van der Waals surface area contributed by atoms with Gasteiger partial charge in [-0.3, -0.25) is 14.4 Å². The quantitative estimate of drug-likeness (QED) is 0.318. The van der Waals surface area contributed by atoms with Crippen LogP contribution >= 0.6 is 0 Å². The fourth-order valence-electron chi connectivity index (χ4n) is 3.67. The van der Waals surface area contributed by atoms with E-state index in [1.54, 1.807) is 24.3 Å². The summed E-state index contributed by atoms with van der Waals surface area (Å²) in [4.78, 5) is 37.0. The topological polar surface area (TPSA) is 60.4 Å². The molecule has 0 unspecified atom stereocenters. The molecule has 0 amide bonds. The van der Waals surface area contributed by atoms with Crippen LogP contribution in [0.25, 0.3) is 0 Å². The van der Waals surface area contributed by atoms with Gasteiger partial charge < -0.3 is 4.74 Å². The molecule has 0 radical (unpaired) electrons. The van der Waals surface area contributed by atoms with E-state index in [-0.39, 0.29) is 17.3 Å². The van der Waals surface area contributed by atoms with Crippen molar-refractivity contribution in [3.63, 3.8) is 0 Å². The van der Waals surface area contributed by atoms with E-state index < -0.39 is 5.97 Å². The number of ether oxygens (including phenoxy) is 1. The summed E-state index contributed by atoms with van der Waals surface area (Å²) >= 11 is 0. The number of benzene rings is 1. The number of Topliss-reactive ketones (excluding diaryl/α,β-unsaturated/α-hetero) is 2. The van der Waals surface area contributed by atoms with Crippen LogP contribution < -0.4 is 0 Å². The Hall–Kier alpha value is -2.23. The second-order valence-electron chi connectivity index (χ2n) is 7.54. The summed E-state index contributed by atoms with van der Waals surface area (Å²) in [5, 5.41) is 0. The molecule has 0 fully saturated rings. The smallest absolute Gasteiger partial charge is 0.308 e. The molecule has 0 heterocycles. The first-order valence-electron chi connectivity index (χ1n) is 10.7. The number of unbranched alkanes of at least 4 members (excludes halogenated alkanes) is 9. The molecule has 152 valence electrons. The van der Waals surface area contributed by atoms with E-state index in [4.69, 9.17) is 4.74 Å². The minimum atomic E-state index is -0.573. The molecule has 2 rings (SSSR count). The second kappa shape index (κ2) is 11.6. The standard InChI is InChI=1S/C24H32O4/c1-3-4-5-6-7-8-9-10-11-12-17-21-22(26)19-15-13-14-16-20(19)23(27)24(21)28-18(2)25/h13-16H,3-12,17H2,1-2H3. The van der Waals surface area contributed by atoms with Crippen molar-refractivity contribution in [3.05, 3.63) is 46.7 Å². The summed E-state index contributed by atoms with van der Waals surface area (Å²) in [5.41, 5.74) is 1.07. The van der Waals surface area contributed by atoms with Gasteiger partial charge in [0.2, 0.25) is 5.78 Å². The monoisotopic (exact) mass is 384 g/mol. The molecule has 1 aliphatic carbocycles. The highest BCUT2D eigenvalue weighted by molar-refractivity contribution is 6.26. The van der Waals surface area contributed by atoms with Gasteiger partial charge in [-0.15, -0.1) is 0 Å². The number of hydrogen-bond acceptors (Lipinski definition) is 4. The van der Waals surface area contributed by atoms with Gasteiger partial charge in [-0.2, -0.15) is 0 Å². The molecule has 4 nitrogen and oxygen atoms in total. The zero-order chi connectivity index (χ0) is 20.4. The van der Waals surface area contributed by atoms with Gasteiger partial charge in [0.15, 0.2) is 11.5 Å². The Balaban J connectivity index is 1.88. The van der Waals surface area contributed by atoms with E-state index in [2.05, 4.69) is 6.92 Å². The van der Waals surface area contributed by atoms with Crippen LogP contribution in [-0.4, -0.2) is 17.5 Å². The predicted octanol–water partition coefficient (Wildman–Crippen LogP) is 6.19. The van der Waals surface area contributed by atoms with Crippen molar-refractivity contribution in [2.75, 3.05) is 0 Å². The Morgan fingerprint density at radius 1 is 0.786 bits per heavy atom. The molecular weight excluding hydrogens is 352 g/mol. The van der Waals surface area contributed by atoms with E-state index >= 15 is 0 Å². The van der Waals surface area contributed by atoms with Crippen molar-refractivity contribution in [2.45, 2.75) is 84.5 Å². The average Bonchev–Trinajstić information content (AvgIpc) is 2.69. The number of carbonyl (C=O) groups excluding carboxylic acids is 3. The summed E-state index contributed by atoms with van der Waals surface area (Å²) < 4.78 is 5.16. The minimum absolute atomic E-state index is 0.0767. The third-order valence-electron chi connectivity index (χ3n) is 5.20. The van der Waals surface area contributed by atoms with Crippen LogP contribution in [0.1, 0.15) is 105 Å². The number of allylic oxidation sites excluding steroid dienone is 2. The van der Waals surface area contributed by atoms with Crippen molar-refractivity contribution >= 4 is 17.5 Å². The first-order valence-corrected chi connectivity index (χ1v) is 10.7. The molecule has 28 heavy (non-hydrogen) atoms. The summed E-state index contributed by atoms with van der Waals surface area (Å²) in [7, 11) is 0. The Labute approximate surface area is 168 Å². The summed E-state index contributed by atoms with van der Waals surface area (Å²) in [6.45, 7) is 3.48. The van der Waals surface area contributed by atoms with Gasteiger partial charge >= 0.3 is 5.97 Å². The maximum Gasteiger partial charge on any atom is 0.308 e. The van der Waals surface area contributed by atoms with Gasteiger partial charge in [-0.1, -0.05) is 89.0 Å². The molecule has 0 spiro atoms. The molecule has 0 bridgehead atoms. The van der Waals surface area contributed by atoms with Gasteiger partial charge in [0.05, 0.1) is 0 Å². The maximum absolute atomic E-state index is 12.8. The van der Waals surface area contributed by atoms with Crippen molar-refractivity contribution in [1.29, 1.82) is 0 Å². The number of ketones is 2. The zero-order valence-electron chi connectivity index (χ0n) is 17.2. The highest BCUT2D eigenvalue weighted by Gasteiger charge is 2.33. The van der Waals surface area contributed by atoms with Crippen molar-refractivity contribution in [1.82, 2.24) is 0 Å². The summed E-state index contributed by atoms with van der Waals surface area (Å²) in [6.07, 6.45) is 12.4. The molecule has 1 aromatic carbocycles. The molecule has 0 atom stereocenters. The molecule has 0 saturated heterocycles. The van der Waals surface area contributed by atoms with E-state index in [9.17, 15) is 14.4 Å². The Bertz CT molecular complexity index is 730. The maximum atomic E-state index is 12.8. The second-order valence-corrected chi connectivity index (χ2v) is 7.54. The highest BCUT2D eigenvalue weighted by Crippen LogP contribution is 2.30. The lowest BCUT2D eigenvalue weighted by Crippen LogP contribution is -2.24. The molecule has 0 saturated carbocycles. The molecule has 0 aliphatic heterocycles. The average molecular weight is 385 g/mol. The van der Waals surface area contributed by atoms with Crippen LogP contribution in [0.3, 0.4) is 0 Å². The van der Waals surface area contributed by atoms with Crippen LogP contribution in [0, 0.1) is 0 Å². The van der Waals surface area contributed by atoms with Gasteiger partial charge in [-0.05, 0) is 12.8 Å². The van der Waals surface area contributed by atoms with E-state index in [0.29, 0.717) is 23.1 Å². The van der Waals surface area contributed by atoms with Crippen LogP contribution in [0.4, 0.5) is 0 Å². The molecule has 4 heteroatoms. The van der Waals surface area contributed by atoms with Gasteiger partial charge in [0.25, 0.3) is 0 Å². The lowest BCUT2D eigenvalue weighted by Gasteiger charge is -2.20. The van der Waals surface area contributed by atoms with Crippen LogP contribution in [0.15, 0.2) is 35.6 Å². The molecule has 0 N–H and O–H groups in total. The summed E-state index contributed by atoms with van der Waals surface area (Å²) in [6, 6.07) is 6.73. The SMILES string of the molecule is CCCCCCCCCCCCC1=C(OC(C)=O)C(=O)c2ccccc2C1=O. The number of hydrogen-bond donors (Lipinski definition) is 0. The summed E-state index contributed by atoms with van der Waals surface area (Å²) in [5.74, 6) is -1.21. The predicted molar refractivity (Wildman–Crippen MR) is 110 cm³/mol. The largest absolute Gasteiger partial charge is 0.422 e. The normalized spacial score (nSPS) is 13.6. The van der Waals surface area contributed by atoms with Crippen molar-refractivity contribution in [3.8, 4) is 0 Å². The van der Waals surface area contributed by atoms with Crippen molar-refractivity contribution in [2.24, 2.45) is 0 Å². The molecule has 1 aromatic rings. The van der Waals surface area contributed by atoms with Gasteiger partial charge in [0.1, 0.15) is 0 Å². The Morgan fingerprint density at radius 2 is 1.29 bits per heavy atom. The van der Waals surface area contributed by atoms with Gasteiger partial charge in [-0.25, -0.2) is 0 Å². The fraction of sp³-hybridized carbons (Fsp3) is 0.542. The first kappa shape index (κ1) is 22.1. The van der Waals surface area contributed by atoms with Crippen LogP contribution in [0.5, 0.6) is 0 Å². The molecular formula is C24H32O4. The number of carbonyl (C=O) groups is 3. The van der Waals surface area contributed by atoms with Crippen molar-refractivity contribution < 1.29 is 19.1 Å². The van der Waals surface area contributed by atoms with E-state index in [0.717, 1.165) is 19.3 Å². The van der Waals surface area contributed by atoms with E-state index in [1.165, 1.54) is 51.9 Å². The lowest BCUT2D eigenvalue weighted by atomic mass is 9.86.